The van der Waals surface area contributed by atoms with E-state index in [2.05, 4.69) is 13.8 Å². The van der Waals surface area contributed by atoms with Crippen LogP contribution in [0.1, 0.15) is 40.7 Å². The average molecular weight is 287 g/mol. The van der Waals surface area contributed by atoms with Gasteiger partial charge >= 0.3 is 0 Å². The van der Waals surface area contributed by atoms with Gasteiger partial charge in [0.15, 0.2) is 5.78 Å². The number of Topliss-reactive ketones (excluding diaryl/α,β-unsaturated/α-hetero) is 1. The topological polar surface area (TPSA) is 17.1 Å². The Hall–Kier alpha value is -1.60. The predicted molar refractivity (Wildman–Crippen MR) is 84.4 cm³/mol. The number of rotatable bonds is 5. The molecular weight excluding hydrogens is 268 g/mol. The summed E-state index contributed by atoms with van der Waals surface area (Å²) in [6.45, 7) is 4.37. The fraction of sp³-hybridized carbons (Fsp3) is 0.278. The van der Waals surface area contributed by atoms with Crippen LogP contribution in [0.15, 0.2) is 54.6 Å². The van der Waals surface area contributed by atoms with Gasteiger partial charge in [0.2, 0.25) is 0 Å². The van der Waals surface area contributed by atoms with Gasteiger partial charge in [-0.1, -0.05) is 68.4 Å². The van der Waals surface area contributed by atoms with Gasteiger partial charge in [-0.05, 0) is 23.5 Å². The first-order valence-corrected chi connectivity index (χ1v) is 7.33. The van der Waals surface area contributed by atoms with Gasteiger partial charge in [0.05, 0.1) is 0 Å². The molecule has 0 aliphatic carbocycles. The number of hydrogen-bond donors (Lipinski definition) is 0. The van der Waals surface area contributed by atoms with Crippen LogP contribution in [0.5, 0.6) is 0 Å². The first-order chi connectivity index (χ1) is 9.58. The highest BCUT2D eigenvalue weighted by Crippen LogP contribution is 2.25. The molecular formula is C18H19ClO. The fourth-order valence-corrected chi connectivity index (χ4v) is 2.47. The lowest BCUT2D eigenvalue weighted by atomic mass is 9.98. The lowest BCUT2D eigenvalue weighted by Gasteiger charge is -2.10. The molecule has 0 bridgehead atoms. The molecule has 0 amide bonds. The Morgan fingerprint density at radius 1 is 1.00 bits per heavy atom. The van der Waals surface area contributed by atoms with Crippen molar-refractivity contribution in [1.82, 2.24) is 0 Å². The molecule has 0 N–H and O–H groups in total. The van der Waals surface area contributed by atoms with Crippen molar-refractivity contribution in [3.63, 3.8) is 0 Å². The molecule has 2 heteroatoms. The monoisotopic (exact) mass is 286 g/mol. The van der Waals surface area contributed by atoms with Gasteiger partial charge in [-0.2, -0.15) is 0 Å². The Morgan fingerprint density at radius 3 is 2.15 bits per heavy atom. The van der Waals surface area contributed by atoms with Crippen LogP contribution in [0.3, 0.4) is 0 Å². The number of benzene rings is 2. The maximum absolute atomic E-state index is 12.3. The number of carbonyl (C=O) groups is 1. The van der Waals surface area contributed by atoms with Crippen molar-refractivity contribution in [2.45, 2.75) is 25.6 Å². The summed E-state index contributed by atoms with van der Waals surface area (Å²) < 4.78 is 0. The molecule has 0 saturated heterocycles. The van der Waals surface area contributed by atoms with E-state index in [1.54, 1.807) is 0 Å². The molecule has 0 saturated carbocycles. The van der Waals surface area contributed by atoms with Crippen molar-refractivity contribution in [2.75, 3.05) is 0 Å². The van der Waals surface area contributed by atoms with Crippen LogP contribution in [-0.4, -0.2) is 5.78 Å². The minimum Gasteiger partial charge on any atom is -0.292 e. The van der Waals surface area contributed by atoms with Crippen LogP contribution in [0.4, 0.5) is 0 Å². The average Bonchev–Trinajstić information content (AvgIpc) is 2.47. The zero-order valence-corrected chi connectivity index (χ0v) is 12.6. The van der Waals surface area contributed by atoms with E-state index in [0.29, 0.717) is 11.5 Å². The van der Waals surface area contributed by atoms with Crippen LogP contribution in [0, 0.1) is 5.92 Å². The summed E-state index contributed by atoms with van der Waals surface area (Å²) in [7, 11) is 0. The van der Waals surface area contributed by atoms with E-state index in [0.717, 1.165) is 12.0 Å². The van der Waals surface area contributed by atoms with Gasteiger partial charge in [-0.15, -0.1) is 11.6 Å². The summed E-state index contributed by atoms with van der Waals surface area (Å²) in [4.78, 5) is 12.3. The highest BCUT2D eigenvalue weighted by molar-refractivity contribution is 6.33. The Labute approximate surface area is 125 Å². The van der Waals surface area contributed by atoms with Crippen molar-refractivity contribution in [3.8, 4) is 0 Å². The van der Waals surface area contributed by atoms with E-state index in [1.165, 1.54) is 5.56 Å². The maximum Gasteiger partial charge on any atom is 0.185 e. The first-order valence-electron chi connectivity index (χ1n) is 6.90. The van der Waals surface area contributed by atoms with Gasteiger partial charge in [-0.3, -0.25) is 4.79 Å². The fourth-order valence-electron chi connectivity index (χ4n) is 2.20. The number of alkyl halides is 1. The molecule has 0 aliphatic rings. The maximum atomic E-state index is 12.3. The second-order valence-electron chi connectivity index (χ2n) is 5.43. The van der Waals surface area contributed by atoms with Crippen LogP contribution in [0.25, 0.3) is 0 Å². The Bertz CT molecular complexity index is 558. The predicted octanol–water partition coefficient (Wildman–Crippen LogP) is 5.05. The third-order valence-electron chi connectivity index (χ3n) is 3.20. The van der Waals surface area contributed by atoms with Crippen LogP contribution >= 0.6 is 11.6 Å². The Balaban J connectivity index is 2.13. The second kappa shape index (κ2) is 6.71. The standard InChI is InChI=1S/C18H19ClO/c1-13(2)12-14-8-10-16(11-9-14)18(20)17(19)15-6-4-3-5-7-15/h3-11,13,17H,12H2,1-2H3. The molecule has 20 heavy (non-hydrogen) atoms. The number of hydrogen-bond acceptors (Lipinski definition) is 1. The van der Waals surface area contributed by atoms with E-state index in [4.69, 9.17) is 11.6 Å². The normalized spacial score (nSPS) is 12.4. The van der Waals surface area contributed by atoms with Gasteiger partial charge in [-0.25, -0.2) is 0 Å². The smallest absolute Gasteiger partial charge is 0.185 e. The van der Waals surface area contributed by atoms with Gasteiger partial charge < -0.3 is 0 Å². The summed E-state index contributed by atoms with van der Waals surface area (Å²) in [6, 6.07) is 17.2. The third kappa shape index (κ3) is 3.71. The van der Waals surface area contributed by atoms with Crippen molar-refractivity contribution < 1.29 is 4.79 Å². The van der Waals surface area contributed by atoms with E-state index in [-0.39, 0.29) is 5.78 Å². The summed E-state index contributed by atoms with van der Waals surface area (Å²) >= 11 is 6.27. The first kappa shape index (κ1) is 14.8. The third-order valence-corrected chi connectivity index (χ3v) is 3.65. The highest BCUT2D eigenvalue weighted by Gasteiger charge is 2.18. The summed E-state index contributed by atoms with van der Waals surface area (Å²) in [5.41, 5.74) is 2.76. The molecule has 2 aromatic carbocycles. The second-order valence-corrected chi connectivity index (χ2v) is 5.87. The molecule has 104 valence electrons. The zero-order valence-electron chi connectivity index (χ0n) is 11.8. The number of ketones is 1. The number of halogens is 1. The SMILES string of the molecule is CC(C)Cc1ccc(C(=O)C(Cl)c2ccccc2)cc1. The molecule has 1 nitrogen and oxygen atoms in total. The van der Waals surface area contributed by atoms with Crippen molar-refractivity contribution in [1.29, 1.82) is 0 Å². The van der Waals surface area contributed by atoms with Crippen LogP contribution in [0.2, 0.25) is 0 Å². The molecule has 1 atom stereocenters. The van der Waals surface area contributed by atoms with Crippen LogP contribution in [-0.2, 0) is 6.42 Å². The molecule has 0 aromatic heterocycles. The van der Waals surface area contributed by atoms with Crippen molar-refractivity contribution in [3.05, 3.63) is 71.3 Å². The van der Waals surface area contributed by atoms with Crippen molar-refractivity contribution >= 4 is 17.4 Å². The molecule has 0 spiro atoms. The molecule has 2 aromatic rings. The Kier molecular flexibility index (Phi) is 4.97. The summed E-state index contributed by atoms with van der Waals surface area (Å²) in [6.07, 6.45) is 1.03. The van der Waals surface area contributed by atoms with Gasteiger partial charge in [0.1, 0.15) is 5.38 Å². The van der Waals surface area contributed by atoms with E-state index < -0.39 is 5.38 Å². The minimum atomic E-state index is -0.618. The van der Waals surface area contributed by atoms with Gasteiger partial charge in [0, 0.05) is 5.56 Å². The molecule has 0 aliphatic heterocycles. The quantitative estimate of drug-likeness (QED) is 0.555. The molecule has 2 rings (SSSR count). The minimum absolute atomic E-state index is 0.0473. The molecule has 0 radical (unpaired) electrons. The molecule has 1 unspecified atom stereocenters. The van der Waals surface area contributed by atoms with Gasteiger partial charge in [0.25, 0.3) is 0 Å². The number of carbonyl (C=O) groups excluding carboxylic acids is 1. The molecule has 0 heterocycles. The van der Waals surface area contributed by atoms with E-state index >= 15 is 0 Å². The van der Waals surface area contributed by atoms with Crippen LogP contribution < -0.4 is 0 Å². The van der Waals surface area contributed by atoms with E-state index in [1.807, 2.05) is 54.6 Å². The summed E-state index contributed by atoms with van der Waals surface area (Å²) in [5.74, 6) is 0.565. The van der Waals surface area contributed by atoms with Crippen molar-refractivity contribution in [2.24, 2.45) is 5.92 Å². The Morgan fingerprint density at radius 2 is 1.60 bits per heavy atom. The molecule has 0 fully saturated rings. The lowest BCUT2D eigenvalue weighted by Crippen LogP contribution is -2.07. The largest absolute Gasteiger partial charge is 0.292 e. The van der Waals surface area contributed by atoms with E-state index in [9.17, 15) is 4.79 Å². The lowest BCUT2D eigenvalue weighted by molar-refractivity contribution is 0.0987. The highest BCUT2D eigenvalue weighted by atomic mass is 35.5. The zero-order chi connectivity index (χ0) is 14.5. The summed E-state index contributed by atoms with van der Waals surface area (Å²) in [5, 5.41) is -0.618.